The van der Waals surface area contributed by atoms with E-state index in [4.69, 9.17) is 0 Å². The minimum atomic E-state index is -0.157. The number of benzene rings is 2. The van der Waals surface area contributed by atoms with Crippen LogP contribution in [-0.2, 0) is 0 Å². The van der Waals surface area contributed by atoms with Gasteiger partial charge in [-0.05, 0) is 63.0 Å². The Hall–Kier alpha value is -0.850. The zero-order valence-electron chi connectivity index (χ0n) is 11.2. The van der Waals surface area contributed by atoms with Crippen LogP contribution in [0.2, 0.25) is 0 Å². The van der Waals surface area contributed by atoms with Crippen molar-refractivity contribution in [1.29, 1.82) is 0 Å². The van der Waals surface area contributed by atoms with Crippen molar-refractivity contribution in [3.8, 4) is 0 Å². The number of nitrogens with one attached hydrogen (secondary N) is 2. The van der Waals surface area contributed by atoms with E-state index in [1.807, 2.05) is 37.3 Å². The first-order chi connectivity index (χ1) is 10.0. The number of hydrogen-bond acceptors (Lipinski definition) is 2. The molecule has 2 N–H and O–H groups in total. The van der Waals surface area contributed by atoms with E-state index in [1.165, 1.54) is 0 Å². The molecule has 3 nitrogen and oxygen atoms in total. The third-order valence-corrected chi connectivity index (χ3v) is 4.49. The quantitative estimate of drug-likeness (QED) is 0.598. The summed E-state index contributed by atoms with van der Waals surface area (Å²) in [5.74, 6) is -0.157. The highest BCUT2D eigenvalue weighted by Crippen LogP contribution is 2.34. The van der Waals surface area contributed by atoms with Crippen molar-refractivity contribution in [2.45, 2.75) is 6.92 Å². The standard InChI is InChI=1S/C15H13Br3N2O/c1-2-19-13-6-4-3-5-10(13)15(21)20-14-11(17)7-9(16)8-12(14)18/h3-8,19H,2H2,1H3,(H,20,21). The molecule has 1 amide bonds. The molecule has 0 aliphatic carbocycles. The van der Waals surface area contributed by atoms with Gasteiger partial charge in [0, 0.05) is 25.7 Å². The van der Waals surface area contributed by atoms with Crippen LogP contribution in [0.25, 0.3) is 0 Å². The van der Waals surface area contributed by atoms with E-state index in [9.17, 15) is 4.79 Å². The molecular formula is C15H13Br3N2O. The molecule has 2 aromatic rings. The topological polar surface area (TPSA) is 41.1 Å². The van der Waals surface area contributed by atoms with Crippen molar-refractivity contribution >= 4 is 65.1 Å². The minimum absolute atomic E-state index is 0.157. The zero-order chi connectivity index (χ0) is 15.4. The second-order valence-electron chi connectivity index (χ2n) is 4.27. The molecule has 0 heterocycles. The van der Waals surface area contributed by atoms with Crippen LogP contribution in [0.5, 0.6) is 0 Å². The minimum Gasteiger partial charge on any atom is -0.385 e. The van der Waals surface area contributed by atoms with Gasteiger partial charge in [0.05, 0.1) is 11.3 Å². The number of hydrogen-bond donors (Lipinski definition) is 2. The highest BCUT2D eigenvalue weighted by atomic mass is 79.9. The Morgan fingerprint density at radius 2 is 1.71 bits per heavy atom. The van der Waals surface area contributed by atoms with E-state index in [0.29, 0.717) is 11.3 Å². The van der Waals surface area contributed by atoms with E-state index in [0.717, 1.165) is 25.7 Å². The molecule has 2 aromatic carbocycles. The van der Waals surface area contributed by atoms with Crippen molar-refractivity contribution in [2.75, 3.05) is 17.2 Å². The van der Waals surface area contributed by atoms with Crippen LogP contribution < -0.4 is 10.6 Å². The normalized spacial score (nSPS) is 10.3. The molecule has 0 bridgehead atoms. The maximum atomic E-state index is 12.5. The summed E-state index contributed by atoms with van der Waals surface area (Å²) >= 11 is 10.3. The number of carbonyl (C=O) groups excluding carboxylic acids is 1. The number of rotatable bonds is 4. The van der Waals surface area contributed by atoms with Crippen LogP contribution in [0.4, 0.5) is 11.4 Å². The molecular weight excluding hydrogens is 464 g/mol. The van der Waals surface area contributed by atoms with E-state index >= 15 is 0 Å². The summed E-state index contributed by atoms with van der Waals surface area (Å²) in [6, 6.07) is 11.2. The molecule has 0 aromatic heterocycles. The lowest BCUT2D eigenvalue weighted by molar-refractivity contribution is 0.102. The maximum Gasteiger partial charge on any atom is 0.257 e. The van der Waals surface area contributed by atoms with Gasteiger partial charge < -0.3 is 10.6 Å². The zero-order valence-corrected chi connectivity index (χ0v) is 16.0. The van der Waals surface area contributed by atoms with E-state index in [2.05, 4.69) is 58.4 Å². The summed E-state index contributed by atoms with van der Waals surface area (Å²) in [6.45, 7) is 2.76. The van der Waals surface area contributed by atoms with E-state index < -0.39 is 0 Å². The lowest BCUT2D eigenvalue weighted by atomic mass is 10.1. The Morgan fingerprint density at radius 1 is 1.10 bits per heavy atom. The first-order valence-corrected chi connectivity index (χ1v) is 8.69. The van der Waals surface area contributed by atoms with Crippen molar-refractivity contribution in [1.82, 2.24) is 0 Å². The molecule has 21 heavy (non-hydrogen) atoms. The van der Waals surface area contributed by atoms with Crippen molar-refractivity contribution in [3.63, 3.8) is 0 Å². The number of para-hydroxylation sites is 1. The molecule has 0 spiro atoms. The van der Waals surface area contributed by atoms with Crippen LogP contribution in [0.15, 0.2) is 49.8 Å². The predicted octanol–water partition coefficient (Wildman–Crippen LogP) is 5.66. The number of anilines is 2. The molecule has 0 saturated heterocycles. The highest BCUT2D eigenvalue weighted by Gasteiger charge is 2.14. The summed E-state index contributed by atoms with van der Waals surface area (Å²) in [7, 11) is 0. The lowest BCUT2D eigenvalue weighted by Gasteiger charge is -2.13. The van der Waals surface area contributed by atoms with Crippen LogP contribution in [0, 0.1) is 0 Å². The fourth-order valence-electron chi connectivity index (χ4n) is 1.87. The van der Waals surface area contributed by atoms with E-state index in [1.54, 1.807) is 6.07 Å². The summed E-state index contributed by atoms with van der Waals surface area (Å²) in [5.41, 5.74) is 2.14. The summed E-state index contributed by atoms with van der Waals surface area (Å²) in [5, 5.41) is 6.12. The van der Waals surface area contributed by atoms with Crippen molar-refractivity contribution < 1.29 is 4.79 Å². The molecule has 0 unspecified atom stereocenters. The molecule has 2 rings (SSSR count). The fourth-order valence-corrected chi connectivity index (χ4v) is 4.33. The third kappa shape index (κ3) is 4.08. The van der Waals surface area contributed by atoms with Crippen LogP contribution in [-0.4, -0.2) is 12.5 Å². The average Bonchev–Trinajstić information content (AvgIpc) is 2.43. The largest absolute Gasteiger partial charge is 0.385 e. The summed E-state index contributed by atoms with van der Waals surface area (Å²) in [4.78, 5) is 12.5. The Bertz CT molecular complexity index is 651. The van der Waals surface area contributed by atoms with Gasteiger partial charge in [0.1, 0.15) is 0 Å². The lowest BCUT2D eigenvalue weighted by Crippen LogP contribution is -2.15. The maximum absolute atomic E-state index is 12.5. The first-order valence-electron chi connectivity index (χ1n) is 6.31. The Morgan fingerprint density at radius 3 is 2.33 bits per heavy atom. The second kappa shape index (κ2) is 7.42. The van der Waals surface area contributed by atoms with Crippen molar-refractivity contribution in [2.24, 2.45) is 0 Å². The number of carbonyl (C=O) groups is 1. The van der Waals surface area contributed by atoms with Gasteiger partial charge in [-0.15, -0.1) is 0 Å². The average molecular weight is 477 g/mol. The van der Waals surface area contributed by atoms with Crippen molar-refractivity contribution in [3.05, 3.63) is 55.4 Å². The number of amides is 1. The smallest absolute Gasteiger partial charge is 0.257 e. The van der Waals surface area contributed by atoms with E-state index in [-0.39, 0.29) is 5.91 Å². The van der Waals surface area contributed by atoms with Gasteiger partial charge in [-0.1, -0.05) is 28.1 Å². The third-order valence-electron chi connectivity index (χ3n) is 2.78. The van der Waals surface area contributed by atoms with Gasteiger partial charge in [-0.25, -0.2) is 0 Å². The van der Waals surface area contributed by atoms with Gasteiger partial charge in [-0.3, -0.25) is 4.79 Å². The first kappa shape index (κ1) is 16.5. The molecule has 0 atom stereocenters. The molecule has 0 radical (unpaired) electrons. The summed E-state index contributed by atoms with van der Waals surface area (Å²) in [6.07, 6.45) is 0. The van der Waals surface area contributed by atoms with Crippen LogP contribution in [0.1, 0.15) is 17.3 Å². The van der Waals surface area contributed by atoms with Crippen LogP contribution >= 0.6 is 47.8 Å². The van der Waals surface area contributed by atoms with Gasteiger partial charge >= 0.3 is 0 Å². The Balaban J connectivity index is 2.31. The monoisotopic (exact) mass is 474 g/mol. The Kier molecular flexibility index (Phi) is 5.84. The molecule has 0 fully saturated rings. The van der Waals surface area contributed by atoms with Crippen LogP contribution in [0.3, 0.4) is 0 Å². The molecule has 0 saturated carbocycles. The molecule has 0 aliphatic rings. The highest BCUT2D eigenvalue weighted by molar-refractivity contribution is 9.11. The summed E-state index contributed by atoms with van der Waals surface area (Å²) < 4.78 is 2.53. The molecule has 6 heteroatoms. The molecule has 0 aliphatic heterocycles. The van der Waals surface area contributed by atoms with Gasteiger partial charge in [-0.2, -0.15) is 0 Å². The SMILES string of the molecule is CCNc1ccccc1C(=O)Nc1c(Br)cc(Br)cc1Br. The predicted molar refractivity (Wildman–Crippen MR) is 98.1 cm³/mol. The van der Waals surface area contributed by atoms with Gasteiger partial charge in [0.2, 0.25) is 0 Å². The molecule has 110 valence electrons. The number of halogens is 3. The Labute approximate surface area is 148 Å². The van der Waals surface area contributed by atoms with Gasteiger partial charge in [0.25, 0.3) is 5.91 Å². The fraction of sp³-hybridized carbons (Fsp3) is 0.133. The second-order valence-corrected chi connectivity index (χ2v) is 6.90. The van der Waals surface area contributed by atoms with Gasteiger partial charge in [0.15, 0.2) is 0 Å².